The van der Waals surface area contributed by atoms with Crippen molar-refractivity contribution in [2.24, 2.45) is 5.41 Å². The van der Waals surface area contributed by atoms with Gasteiger partial charge < -0.3 is 10.0 Å². The first-order chi connectivity index (χ1) is 9.28. The molecule has 0 saturated carbocycles. The highest BCUT2D eigenvalue weighted by molar-refractivity contribution is 6.32. The van der Waals surface area contributed by atoms with Gasteiger partial charge in [-0.3, -0.25) is 4.68 Å². The molecule has 1 N–H and O–H groups in total. The van der Waals surface area contributed by atoms with E-state index in [9.17, 15) is 5.11 Å². The molecule has 20 heavy (non-hydrogen) atoms. The highest BCUT2D eigenvalue weighted by Crippen LogP contribution is 2.41. The summed E-state index contributed by atoms with van der Waals surface area (Å²) >= 11 is 6.32. The van der Waals surface area contributed by atoms with Crippen LogP contribution >= 0.6 is 11.6 Å². The van der Waals surface area contributed by atoms with Crippen LogP contribution < -0.4 is 0 Å². The van der Waals surface area contributed by atoms with Gasteiger partial charge >= 0.3 is 0 Å². The molecule has 112 valence electrons. The lowest BCUT2D eigenvalue weighted by atomic mass is 9.75. The van der Waals surface area contributed by atoms with Gasteiger partial charge in [-0.2, -0.15) is 5.10 Å². The average molecular weight is 298 g/mol. The first kappa shape index (κ1) is 15.5. The number of hydrogen-bond acceptors (Lipinski definition) is 3. The van der Waals surface area contributed by atoms with Crippen LogP contribution in [0.3, 0.4) is 0 Å². The molecule has 1 heterocycles. The molecule has 1 aromatic rings. The predicted molar refractivity (Wildman–Crippen MR) is 82.8 cm³/mol. The minimum absolute atomic E-state index is 0.0868. The van der Waals surface area contributed by atoms with Gasteiger partial charge in [0.15, 0.2) is 0 Å². The zero-order chi connectivity index (χ0) is 14.9. The van der Waals surface area contributed by atoms with E-state index in [1.54, 1.807) is 6.20 Å². The van der Waals surface area contributed by atoms with E-state index in [-0.39, 0.29) is 5.41 Å². The van der Waals surface area contributed by atoms with Crippen molar-refractivity contribution < 1.29 is 5.11 Å². The van der Waals surface area contributed by atoms with E-state index in [2.05, 4.69) is 23.8 Å². The highest BCUT2D eigenvalue weighted by Gasteiger charge is 2.30. The molecule has 1 aliphatic carbocycles. The lowest BCUT2D eigenvalue weighted by molar-refractivity contribution is 0.146. The van der Waals surface area contributed by atoms with Crippen LogP contribution in [0.15, 0.2) is 12.3 Å². The molecule has 4 nitrogen and oxygen atoms in total. The quantitative estimate of drug-likeness (QED) is 0.929. The molecule has 0 fully saturated rings. The molecule has 1 unspecified atom stereocenters. The third-order valence-electron chi connectivity index (χ3n) is 3.68. The van der Waals surface area contributed by atoms with Crippen molar-refractivity contribution in [3.8, 4) is 0 Å². The SMILES string of the molecule is CN(C)CCn1ncc(Cl)c1C1=CC(O)CC(C)(C)C1. The van der Waals surface area contributed by atoms with Crippen LogP contribution in [0, 0.1) is 5.41 Å². The topological polar surface area (TPSA) is 41.3 Å². The third kappa shape index (κ3) is 3.62. The zero-order valence-corrected chi connectivity index (χ0v) is 13.5. The standard InChI is InChI=1S/C15H24ClN3O/c1-15(2)8-11(7-12(20)9-15)14-13(16)10-17-19(14)6-5-18(3)4/h7,10,12,20H,5-6,8-9H2,1-4H3. The minimum Gasteiger partial charge on any atom is -0.389 e. The van der Waals surface area contributed by atoms with Gasteiger partial charge in [0.25, 0.3) is 0 Å². The van der Waals surface area contributed by atoms with Gasteiger partial charge in [0.2, 0.25) is 0 Å². The molecule has 0 aromatic carbocycles. The van der Waals surface area contributed by atoms with Crippen molar-refractivity contribution in [3.05, 3.63) is 23.0 Å². The van der Waals surface area contributed by atoms with Crippen LogP contribution in [0.5, 0.6) is 0 Å². The molecule has 1 atom stereocenters. The summed E-state index contributed by atoms with van der Waals surface area (Å²) in [5.41, 5.74) is 2.15. The Labute approximate surface area is 126 Å². The van der Waals surface area contributed by atoms with E-state index in [0.717, 1.165) is 37.2 Å². The normalized spacial score (nSPS) is 22.1. The molecule has 5 heteroatoms. The Morgan fingerprint density at radius 1 is 1.50 bits per heavy atom. The third-order valence-corrected chi connectivity index (χ3v) is 3.96. The van der Waals surface area contributed by atoms with E-state index in [1.165, 1.54) is 0 Å². The van der Waals surface area contributed by atoms with Crippen LogP contribution in [-0.2, 0) is 6.54 Å². The van der Waals surface area contributed by atoms with Crippen molar-refractivity contribution in [1.29, 1.82) is 0 Å². The van der Waals surface area contributed by atoms with Gasteiger partial charge in [-0.15, -0.1) is 0 Å². The maximum Gasteiger partial charge on any atom is 0.0862 e. The maximum absolute atomic E-state index is 10.1. The Balaban J connectivity index is 2.30. The van der Waals surface area contributed by atoms with Gasteiger partial charge in [0.1, 0.15) is 0 Å². The van der Waals surface area contributed by atoms with E-state index in [4.69, 9.17) is 11.6 Å². The first-order valence-corrected chi connectivity index (χ1v) is 7.41. The largest absolute Gasteiger partial charge is 0.389 e. The number of rotatable bonds is 4. The second kappa shape index (κ2) is 5.88. The Morgan fingerprint density at radius 2 is 2.20 bits per heavy atom. The fraction of sp³-hybridized carbons (Fsp3) is 0.667. The Morgan fingerprint density at radius 3 is 2.80 bits per heavy atom. The van der Waals surface area contributed by atoms with Gasteiger partial charge in [0.05, 0.1) is 29.6 Å². The predicted octanol–water partition coefficient (Wildman–Crippen LogP) is 2.66. The number of likely N-dealkylation sites (N-methyl/N-ethyl adjacent to an activating group) is 1. The Kier molecular flexibility index (Phi) is 4.57. The Hall–Kier alpha value is -0.840. The zero-order valence-electron chi connectivity index (χ0n) is 12.7. The number of allylic oxidation sites excluding steroid dienone is 1. The van der Waals surface area contributed by atoms with Crippen LogP contribution in [0.25, 0.3) is 5.57 Å². The monoisotopic (exact) mass is 297 g/mol. The molecule has 2 rings (SSSR count). The second-order valence-electron chi connectivity index (χ2n) is 6.67. The lowest BCUT2D eigenvalue weighted by Crippen LogP contribution is -2.26. The van der Waals surface area contributed by atoms with Crippen LogP contribution in [0.2, 0.25) is 5.02 Å². The molecule has 1 aromatic heterocycles. The van der Waals surface area contributed by atoms with Crippen molar-refractivity contribution in [2.75, 3.05) is 20.6 Å². The van der Waals surface area contributed by atoms with Crippen molar-refractivity contribution in [2.45, 2.75) is 39.3 Å². The van der Waals surface area contributed by atoms with Crippen LogP contribution in [-0.4, -0.2) is 46.5 Å². The summed E-state index contributed by atoms with van der Waals surface area (Å²) in [6.45, 7) is 6.06. The molecular formula is C15H24ClN3O. The number of halogens is 1. The van der Waals surface area contributed by atoms with Crippen molar-refractivity contribution in [1.82, 2.24) is 14.7 Å². The molecule has 0 amide bonds. The van der Waals surface area contributed by atoms with E-state index >= 15 is 0 Å². The molecule has 0 spiro atoms. The van der Waals surface area contributed by atoms with Crippen LogP contribution in [0.1, 0.15) is 32.4 Å². The van der Waals surface area contributed by atoms with Crippen LogP contribution in [0.4, 0.5) is 0 Å². The molecular weight excluding hydrogens is 274 g/mol. The highest BCUT2D eigenvalue weighted by atomic mass is 35.5. The van der Waals surface area contributed by atoms with E-state index < -0.39 is 6.10 Å². The fourth-order valence-electron chi connectivity index (χ4n) is 2.81. The Bertz CT molecular complexity index is 505. The summed E-state index contributed by atoms with van der Waals surface area (Å²) in [5, 5.41) is 15.1. The minimum atomic E-state index is -0.401. The lowest BCUT2D eigenvalue weighted by Gasteiger charge is -2.32. The number of aliphatic hydroxyl groups excluding tert-OH is 1. The smallest absolute Gasteiger partial charge is 0.0862 e. The fourth-order valence-corrected chi connectivity index (χ4v) is 3.08. The number of nitrogens with zero attached hydrogens (tertiary/aromatic N) is 3. The van der Waals surface area contributed by atoms with Gasteiger partial charge in [-0.25, -0.2) is 0 Å². The van der Waals surface area contributed by atoms with Gasteiger partial charge in [-0.1, -0.05) is 31.5 Å². The van der Waals surface area contributed by atoms with Gasteiger partial charge in [-0.05, 0) is 37.9 Å². The second-order valence-corrected chi connectivity index (χ2v) is 7.08. The average Bonchev–Trinajstić information content (AvgIpc) is 2.65. The van der Waals surface area contributed by atoms with Crippen molar-refractivity contribution >= 4 is 17.2 Å². The summed E-state index contributed by atoms with van der Waals surface area (Å²) < 4.78 is 1.95. The molecule has 0 saturated heterocycles. The van der Waals surface area contributed by atoms with Gasteiger partial charge in [0, 0.05) is 6.54 Å². The molecule has 0 aliphatic heterocycles. The number of hydrogen-bond donors (Lipinski definition) is 1. The number of aliphatic hydroxyl groups is 1. The van der Waals surface area contributed by atoms with Crippen molar-refractivity contribution in [3.63, 3.8) is 0 Å². The first-order valence-electron chi connectivity index (χ1n) is 7.04. The summed E-state index contributed by atoms with van der Waals surface area (Å²) in [6.07, 6.45) is 4.93. The summed E-state index contributed by atoms with van der Waals surface area (Å²) in [7, 11) is 4.08. The number of aromatic nitrogens is 2. The molecule has 0 radical (unpaired) electrons. The summed E-state index contributed by atoms with van der Waals surface area (Å²) in [5.74, 6) is 0. The summed E-state index contributed by atoms with van der Waals surface area (Å²) in [6, 6.07) is 0. The van der Waals surface area contributed by atoms with E-state index in [1.807, 2.05) is 24.9 Å². The molecule has 1 aliphatic rings. The maximum atomic E-state index is 10.1. The summed E-state index contributed by atoms with van der Waals surface area (Å²) in [4.78, 5) is 2.12. The molecule has 0 bridgehead atoms. The van der Waals surface area contributed by atoms with E-state index in [0.29, 0.717) is 5.02 Å².